The maximum atomic E-state index is 14.1. The summed E-state index contributed by atoms with van der Waals surface area (Å²) in [6.45, 7) is 4.34. The first-order chi connectivity index (χ1) is 15.0. The van der Waals surface area contributed by atoms with Crippen LogP contribution in [0, 0.1) is 23.5 Å². The number of thiocarbonyl (C=S) groups is 1. The Morgan fingerprint density at radius 3 is 2.19 bits per heavy atom. The third-order valence-corrected chi connectivity index (χ3v) is 5.19. The molecule has 0 saturated heterocycles. The van der Waals surface area contributed by atoms with Crippen molar-refractivity contribution in [3.63, 3.8) is 0 Å². The molecule has 0 atom stereocenters. The molecule has 0 aliphatic rings. The summed E-state index contributed by atoms with van der Waals surface area (Å²) in [6.07, 6.45) is 4.40. The van der Waals surface area contributed by atoms with Gasteiger partial charge in [0.15, 0.2) is 11.6 Å². The second kappa shape index (κ2) is 10.8. The lowest BCUT2D eigenvalue weighted by Gasteiger charge is -2.06. The number of rotatable bonds is 6. The van der Waals surface area contributed by atoms with Gasteiger partial charge < -0.3 is 0 Å². The minimum atomic E-state index is -0.773. The molecule has 31 heavy (non-hydrogen) atoms. The first kappa shape index (κ1) is 22.6. The van der Waals surface area contributed by atoms with E-state index in [0.717, 1.165) is 24.0 Å². The highest BCUT2D eigenvalue weighted by Gasteiger charge is 2.11. The molecule has 1 nitrogen and oxygen atoms in total. The van der Waals surface area contributed by atoms with Crippen molar-refractivity contribution in [2.75, 3.05) is 0 Å². The second-order valence-corrected chi connectivity index (χ2v) is 7.45. The molecule has 3 rings (SSSR count). The molecule has 4 heteroatoms. The number of benzene rings is 3. The molecular weight excluding hydrogens is 408 g/mol. The Bertz CT molecular complexity index is 1160. The molecule has 0 bridgehead atoms. The normalized spacial score (nSPS) is 10.2. The summed E-state index contributed by atoms with van der Waals surface area (Å²) in [5.74, 6) is 4.91. The van der Waals surface area contributed by atoms with Crippen molar-refractivity contribution in [3.05, 3.63) is 88.5 Å². The summed E-state index contributed by atoms with van der Waals surface area (Å²) in [4.78, 5) is 3.44. The van der Waals surface area contributed by atoms with E-state index < -0.39 is 17.3 Å². The maximum Gasteiger partial charge on any atom is 0.153 e. The second-order valence-electron chi connectivity index (χ2n) is 7.27. The summed E-state index contributed by atoms with van der Waals surface area (Å²) in [5, 5.41) is 1.99. The third-order valence-electron chi connectivity index (χ3n) is 5.10. The number of hydrogen-bond donors (Lipinski definition) is 0. The Labute approximate surface area is 187 Å². The van der Waals surface area contributed by atoms with Crippen molar-refractivity contribution in [3.8, 4) is 23.0 Å². The zero-order valence-corrected chi connectivity index (χ0v) is 18.5. The molecule has 0 unspecified atom stereocenters. The molecule has 0 aliphatic heterocycles. The lowest BCUT2D eigenvalue weighted by Crippen LogP contribution is -1.92. The predicted octanol–water partition coefficient (Wildman–Crippen LogP) is 7.67. The van der Waals surface area contributed by atoms with Crippen LogP contribution in [0.2, 0.25) is 0 Å². The summed E-state index contributed by atoms with van der Waals surface area (Å²) in [7, 11) is 0. The predicted molar refractivity (Wildman–Crippen MR) is 127 cm³/mol. The molecule has 0 amide bonds. The van der Waals surface area contributed by atoms with Gasteiger partial charge in [-0.3, -0.25) is 0 Å². The molecule has 0 aromatic heterocycles. The van der Waals surface area contributed by atoms with E-state index in [1.54, 1.807) is 12.1 Å². The van der Waals surface area contributed by atoms with Gasteiger partial charge in [-0.1, -0.05) is 56.4 Å². The highest BCUT2D eigenvalue weighted by molar-refractivity contribution is 7.78. The molecule has 0 saturated carbocycles. The van der Waals surface area contributed by atoms with E-state index in [1.807, 2.05) is 17.3 Å². The van der Waals surface area contributed by atoms with E-state index in [-0.39, 0.29) is 0 Å². The highest BCUT2D eigenvalue weighted by atomic mass is 32.1. The van der Waals surface area contributed by atoms with Gasteiger partial charge in [0.25, 0.3) is 0 Å². The van der Waals surface area contributed by atoms with E-state index in [2.05, 4.69) is 61.1 Å². The monoisotopic (exact) mass is 431 g/mol. The Morgan fingerprint density at radius 1 is 0.871 bits per heavy atom. The van der Waals surface area contributed by atoms with Crippen LogP contribution in [0.5, 0.6) is 0 Å². The molecule has 0 N–H and O–H groups in total. The van der Waals surface area contributed by atoms with E-state index in [9.17, 15) is 8.78 Å². The Kier molecular flexibility index (Phi) is 7.84. The number of aliphatic imine (C=N–C) groups is 1. The fourth-order valence-corrected chi connectivity index (χ4v) is 3.46. The van der Waals surface area contributed by atoms with E-state index >= 15 is 0 Å². The topological polar surface area (TPSA) is 12.4 Å². The van der Waals surface area contributed by atoms with Crippen LogP contribution in [-0.4, -0.2) is 5.16 Å². The van der Waals surface area contributed by atoms with Gasteiger partial charge in [0.1, 0.15) is 5.69 Å². The van der Waals surface area contributed by atoms with Crippen molar-refractivity contribution in [1.29, 1.82) is 0 Å². The summed E-state index contributed by atoms with van der Waals surface area (Å²) in [6, 6.07) is 16.3. The van der Waals surface area contributed by atoms with Crippen molar-refractivity contribution in [1.82, 2.24) is 0 Å². The van der Waals surface area contributed by atoms with Gasteiger partial charge in [0.05, 0.1) is 5.16 Å². The number of unbranched alkanes of at least 4 members (excludes halogenated alkanes) is 1. The molecular formula is C27H23F2NS. The summed E-state index contributed by atoms with van der Waals surface area (Å²) < 4.78 is 28.2. The molecule has 0 fully saturated rings. The molecule has 3 aromatic rings. The van der Waals surface area contributed by atoms with Crippen molar-refractivity contribution in [2.24, 2.45) is 4.99 Å². The van der Waals surface area contributed by atoms with Crippen LogP contribution in [0.1, 0.15) is 48.9 Å². The van der Waals surface area contributed by atoms with Crippen LogP contribution in [0.4, 0.5) is 14.5 Å². The van der Waals surface area contributed by atoms with Crippen molar-refractivity contribution >= 4 is 23.1 Å². The Morgan fingerprint density at radius 2 is 1.58 bits per heavy atom. The Hall–Kier alpha value is -3.12. The zero-order chi connectivity index (χ0) is 22.2. The number of hydrogen-bond acceptors (Lipinski definition) is 2. The van der Waals surface area contributed by atoms with E-state index in [0.29, 0.717) is 11.1 Å². The van der Waals surface area contributed by atoms with Crippen molar-refractivity contribution < 1.29 is 8.78 Å². The lowest BCUT2D eigenvalue weighted by atomic mass is 9.99. The fraction of sp³-hybridized carbons (Fsp3) is 0.222. The average Bonchev–Trinajstić information content (AvgIpc) is 2.79. The van der Waals surface area contributed by atoms with Gasteiger partial charge in [0.2, 0.25) is 0 Å². The van der Waals surface area contributed by atoms with Gasteiger partial charge in [-0.25, -0.2) is 8.78 Å². The van der Waals surface area contributed by atoms with Crippen LogP contribution in [-0.2, 0) is 12.8 Å². The summed E-state index contributed by atoms with van der Waals surface area (Å²) in [5.41, 5.74) is 5.17. The molecule has 0 aliphatic carbocycles. The van der Waals surface area contributed by atoms with Gasteiger partial charge in [-0.15, -0.1) is 0 Å². The molecule has 3 aromatic carbocycles. The minimum Gasteiger partial charge on any atom is -0.204 e. The standard InChI is InChI=1S/C27H23F2NS/c1-3-5-6-20-10-14-22(21(4-2)15-20)11-7-19-8-12-23(13-9-19)24-16-25(28)27(30-18-31)26(29)17-24/h8-10,12-17H,3-6H2,1-2H3. The summed E-state index contributed by atoms with van der Waals surface area (Å²) >= 11 is 4.43. The number of isothiocyanates is 1. The van der Waals surface area contributed by atoms with Crippen LogP contribution in [0.25, 0.3) is 11.1 Å². The SMILES string of the molecule is CCCCc1ccc(C#Cc2ccc(-c3cc(F)c(N=C=S)c(F)c3)cc2)c(CC)c1. The third kappa shape index (κ3) is 5.73. The van der Waals surface area contributed by atoms with Crippen molar-refractivity contribution in [2.45, 2.75) is 39.5 Å². The molecule has 0 heterocycles. The highest BCUT2D eigenvalue weighted by Crippen LogP contribution is 2.29. The number of aryl methyl sites for hydroxylation is 2. The zero-order valence-electron chi connectivity index (χ0n) is 17.6. The number of halogens is 2. The fourth-order valence-electron chi connectivity index (χ4n) is 3.37. The van der Waals surface area contributed by atoms with Crippen LogP contribution >= 0.6 is 12.2 Å². The van der Waals surface area contributed by atoms with Crippen LogP contribution in [0.15, 0.2) is 59.6 Å². The van der Waals surface area contributed by atoms with Crippen LogP contribution in [0.3, 0.4) is 0 Å². The van der Waals surface area contributed by atoms with Gasteiger partial charge in [-0.05, 0) is 84.1 Å². The van der Waals surface area contributed by atoms with Gasteiger partial charge in [0, 0.05) is 11.1 Å². The minimum absolute atomic E-state index is 0.423. The first-order valence-corrected chi connectivity index (χ1v) is 10.8. The molecule has 156 valence electrons. The van der Waals surface area contributed by atoms with E-state index in [4.69, 9.17) is 0 Å². The average molecular weight is 432 g/mol. The smallest absolute Gasteiger partial charge is 0.153 e. The number of nitrogens with zero attached hydrogens (tertiary/aromatic N) is 1. The van der Waals surface area contributed by atoms with E-state index in [1.165, 1.54) is 36.1 Å². The lowest BCUT2D eigenvalue weighted by molar-refractivity contribution is 0.588. The first-order valence-electron chi connectivity index (χ1n) is 10.4. The van der Waals surface area contributed by atoms with Crippen LogP contribution < -0.4 is 0 Å². The molecule has 0 spiro atoms. The van der Waals surface area contributed by atoms with Gasteiger partial charge >= 0.3 is 0 Å². The van der Waals surface area contributed by atoms with Gasteiger partial charge in [-0.2, -0.15) is 4.99 Å². The molecule has 0 radical (unpaired) electrons. The maximum absolute atomic E-state index is 14.1. The quantitative estimate of drug-likeness (QED) is 0.222. The largest absolute Gasteiger partial charge is 0.204 e. The Balaban J connectivity index is 1.83.